The predicted molar refractivity (Wildman–Crippen MR) is 93.0 cm³/mol. The Labute approximate surface area is 150 Å². The maximum atomic E-state index is 12.7. The molecule has 0 atom stereocenters. The number of esters is 1. The van der Waals surface area contributed by atoms with Gasteiger partial charge in [0.1, 0.15) is 11.4 Å². The van der Waals surface area contributed by atoms with Gasteiger partial charge in [-0.2, -0.15) is 0 Å². The Morgan fingerprint density at radius 1 is 0.962 bits per heavy atom. The Hall–Kier alpha value is -2.50. The van der Waals surface area contributed by atoms with Gasteiger partial charge in [0.2, 0.25) is 0 Å². The van der Waals surface area contributed by atoms with Crippen LogP contribution < -0.4 is 4.74 Å². The van der Waals surface area contributed by atoms with Crippen LogP contribution in [0.2, 0.25) is 0 Å². The van der Waals surface area contributed by atoms with Crippen molar-refractivity contribution in [1.29, 1.82) is 0 Å². The zero-order valence-electron chi connectivity index (χ0n) is 14.9. The van der Waals surface area contributed by atoms with Gasteiger partial charge in [-0.05, 0) is 38.0 Å². The molecule has 0 radical (unpaired) electrons. The third-order valence-corrected chi connectivity index (χ3v) is 3.77. The topological polar surface area (TPSA) is 35.5 Å². The average molecular weight is 366 g/mol. The molecule has 3 nitrogen and oxygen atoms in total. The first-order valence-electron chi connectivity index (χ1n) is 8.30. The van der Waals surface area contributed by atoms with Crippen molar-refractivity contribution in [2.45, 2.75) is 45.6 Å². The van der Waals surface area contributed by atoms with Gasteiger partial charge in [-0.1, -0.05) is 49.7 Å². The Bertz CT molecular complexity index is 767. The first kappa shape index (κ1) is 19.8. The smallest absolute Gasteiger partial charge is 0.456 e. The van der Waals surface area contributed by atoms with E-state index in [1.807, 2.05) is 6.92 Å². The van der Waals surface area contributed by atoms with E-state index in [2.05, 4.69) is 4.74 Å². The molecule has 0 amide bonds. The largest absolute Gasteiger partial charge is 0.573 e. The highest BCUT2D eigenvalue weighted by Crippen LogP contribution is 2.36. The van der Waals surface area contributed by atoms with Crippen LogP contribution in [0.5, 0.6) is 5.75 Å². The molecule has 2 rings (SSSR count). The fourth-order valence-corrected chi connectivity index (χ4v) is 2.76. The lowest BCUT2D eigenvalue weighted by Gasteiger charge is -2.25. The summed E-state index contributed by atoms with van der Waals surface area (Å²) in [4.78, 5) is 12.6. The summed E-state index contributed by atoms with van der Waals surface area (Å²) in [5, 5.41) is 0. The zero-order valence-corrected chi connectivity index (χ0v) is 14.9. The van der Waals surface area contributed by atoms with Crippen LogP contribution in [0.1, 0.15) is 44.0 Å². The maximum absolute atomic E-state index is 12.7. The van der Waals surface area contributed by atoms with Gasteiger partial charge < -0.3 is 9.47 Å². The van der Waals surface area contributed by atoms with Gasteiger partial charge in [0.25, 0.3) is 0 Å². The Morgan fingerprint density at radius 2 is 1.54 bits per heavy atom. The minimum atomic E-state index is -4.82. The van der Waals surface area contributed by atoms with E-state index in [9.17, 15) is 18.0 Å². The van der Waals surface area contributed by atoms with E-state index >= 15 is 0 Å². The van der Waals surface area contributed by atoms with Gasteiger partial charge in [-0.25, -0.2) is 4.79 Å². The third kappa shape index (κ3) is 5.25. The molecule has 0 aromatic heterocycles. The molecule has 0 saturated carbocycles. The van der Waals surface area contributed by atoms with Crippen molar-refractivity contribution in [3.05, 3.63) is 54.1 Å². The number of carbonyl (C=O) groups is 1. The second-order valence-electron chi connectivity index (χ2n) is 6.49. The lowest BCUT2D eigenvalue weighted by atomic mass is 9.98. The van der Waals surface area contributed by atoms with Crippen molar-refractivity contribution in [3.63, 3.8) is 0 Å². The fraction of sp³-hybridized carbons (Fsp3) is 0.350. The summed E-state index contributed by atoms with van der Waals surface area (Å²) in [5.74, 6) is -0.950. The minimum Gasteiger partial charge on any atom is -0.456 e. The molecule has 0 N–H and O–H groups in total. The number of halogens is 3. The molecule has 0 aliphatic heterocycles. The molecular weight excluding hydrogens is 345 g/mol. The summed E-state index contributed by atoms with van der Waals surface area (Å²) in [6.07, 6.45) is -3.31. The van der Waals surface area contributed by atoms with Crippen LogP contribution in [0.15, 0.2) is 48.5 Å². The standard InChI is InChI=1S/C20H21F3O3/c1-4-13-19(2,3)26-18(24)16-11-6-5-9-14(16)15-10-7-8-12-17(15)25-20(21,22)23/h5-12H,4,13H2,1-3H3. The van der Waals surface area contributed by atoms with Crippen LogP contribution in [0.3, 0.4) is 0 Å². The second kappa shape index (κ2) is 7.81. The van der Waals surface area contributed by atoms with E-state index in [-0.39, 0.29) is 16.9 Å². The van der Waals surface area contributed by atoms with Crippen molar-refractivity contribution in [2.24, 2.45) is 0 Å². The van der Waals surface area contributed by atoms with Crippen LogP contribution in [-0.2, 0) is 4.74 Å². The van der Waals surface area contributed by atoms with Crippen LogP contribution >= 0.6 is 0 Å². The van der Waals surface area contributed by atoms with Gasteiger partial charge in [0.15, 0.2) is 0 Å². The SMILES string of the molecule is CCCC(C)(C)OC(=O)c1ccccc1-c1ccccc1OC(F)(F)F. The molecular formula is C20H21F3O3. The molecule has 0 saturated heterocycles. The Balaban J connectivity index is 2.43. The van der Waals surface area contributed by atoms with Gasteiger partial charge >= 0.3 is 12.3 Å². The van der Waals surface area contributed by atoms with Crippen molar-refractivity contribution < 1.29 is 27.4 Å². The molecule has 0 heterocycles. The minimum absolute atomic E-state index is 0.172. The number of hydrogen-bond donors (Lipinski definition) is 0. The number of rotatable bonds is 6. The molecule has 0 unspecified atom stereocenters. The van der Waals surface area contributed by atoms with Gasteiger partial charge in [-0.15, -0.1) is 13.2 Å². The van der Waals surface area contributed by atoms with E-state index < -0.39 is 17.9 Å². The number of para-hydroxylation sites is 1. The lowest BCUT2D eigenvalue weighted by molar-refractivity contribution is -0.274. The quantitative estimate of drug-likeness (QED) is 0.589. The predicted octanol–water partition coefficient (Wildman–Crippen LogP) is 5.99. The maximum Gasteiger partial charge on any atom is 0.573 e. The third-order valence-electron chi connectivity index (χ3n) is 3.77. The van der Waals surface area contributed by atoms with Gasteiger partial charge in [-0.3, -0.25) is 0 Å². The summed E-state index contributed by atoms with van der Waals surface area (Å²) in [6.45, 7) is 5.59. The normalized spacial score (nSPS) is 11.9. The molecule has 0 aliphatic carbocycles. The molecule has 26 heavy (non-hydrogen) atoms. The zero-order chi connectivity index (χ0) is 19.4. The van der Waals surface area contributed by atoms with E-state index in [1.54, 1.807) is 38.1 Å². The van der Waals surface area contributed by atoms with E-state index in [4.69, 9.17) is 4.74 Å². The molecule has 140 valence electrons. The van der Waals surface area contributed by atoms with E-state index in [0.717, 1.165) is 6.42 Å². The Kier molecular flexibility index (Phi) is 5.95. The van der Waals surface area contributed by atoms with Gasteiger partial charge in [0, 0.05) is 5.56 Å². The highest BCUT2D eigenvalue weighted by molar-refractivity contribution is 5.98. The van der Waals surface area contributed by atoms with Crippen LogP contribution in [0.25, 0.3) is 11.1 Å². The van der Waals surface area contributed by atoms with E-state index in [1.165, 1.54) is 24.3 Å². The van der Waals surface area contributed by atoms with Crippen molar-refractivity contribution in [1.82, 2.24) is 0 Å². The summed E-state index contributed by atoms with van der Waals surface area (Å²) in [7, 11) is 0. The number of hydrogen-bond acceptors (Lipinski definition) is 3. The van der Waals surface area contributed by atoms with Crippen molar-refractivity contribution >= 4 is 5.97 Å². The molecule has 6 heteroatoms. The fourth-order valence-electron chi connectivity index (χ4n) is 2.76. The highest BCUT2D eigenvalue weighted by Gasteiger charge is 2.33. The summed E-state index contributed by atoms with van der Waals surface area (Å²) in [6, 6.07) is 12.1. The van der Waals surface area contributed by atoms with Crippen molar-refractivity contribution in [2.75, 3.05) is 0 Å². The van der Waals surface area contributed by atoms with Crippen LogP contribution in [0.4, 0.5) is 13.2 Å². The highest BCUT2D eigenvalue weighted by atomic mass is 19.4. The monoisotopic (exact) mass is 366 g/mol. The first-order chi connectivity index (χ1) is 12.1. The molecule has 2 aromatic carbocycles. The molecule has 0 bridgehead atoms. The summed E-state index contributed by atoms with van der Waals surface area (Å²) < 4.78 is 47.7. The number of ether oxygens (including phenoxy) is 2. The second-order valence-corrected chi connectivity index (χ2v) is 6.49. The number of benzene rings is 2. The Morgan fingerprint density at radius 3 is 2.15 bits per heavy atom. The van der Waals surface area contributed by atoms with Crippen LogP contribution in [0, 0.1) is 0 Å². The lowest BCUT2D eigenvalue weighted by Crippen LogP contribution is -2.28. The molecule has 2 aromatic rings. The summed E-state index contributed by atoms with van der Waals surface area (Å²) >= 11 is 0. The molecule has 0 spiro atoms. The molecule has 0 fully saturated rings. The van der Waals surface area contributed by atoms with Crippen molar-refractivity contribution in [3.8, 4) is 16.9 Å². The molecule has 0 aliphatic rings. The van der Waals surface area contributed by atoms with Crippen LogP contribution in [-0.4, -0.2) is 17.9 Å². The number of alkyl halides is 3. The first-order valence-corrected chi connectivity index (χ1v) is 8.30. The average Bonchev–Trinajstić information content (AvgIpc) is 2.53. The number of carbonyl (C=O) groups excluding carboxylic acids is 1. The summed E-state index contributed by atoms with van der Waals surface area (Å²) in [5.41, 5.74) is 0.0197. The van der Waals surface area contributed by atoms with E-state index in [0.29, 0.717) is 12.0 Å². The van der Waals surface area contributed by atoms with Gasteiger partial charge in [0.05, 0.1) is 5.56 Å².